The van der Waals surface area contributed by atoms with Gasteiger partial charge in [-0.15, -0.1) is 0 Å². The molecule has 0 aliphatic carbocycles. The van der Waals surface area contributed by atoms with Gasteiger partial charge in [0.05, 0.1) is 5.69 Å². The quantitative estimate of drug-likeness (QED) is 0.689. The summed E-state index contributed by atoms with van der Waals surface area (Å²) in [5.74, 6) is 0.659. The summed E-state index contributed by atoms with van der Waals surface area (Å²) < 4.78 is 6.97. The minimum Gasteiger partial charge on any atom is -0.489 e. The number of pyridine rings is 1. The first-order valence-electron chi connectivity index (χ1n) is 6.60. The summed E-state index contributed by atoms with van der Waals surface area (Å²) in [6.07, 6.45) is 3.34. The van der Waals surface area contributed by atoms with Gasteiger partial charge >= 0.3 is 0 Å². The van der Waals surface area contributed by atoms with Crippen molar-refractivity contribution in [3.63, 3.8) is 0 Å². The highest BCUT2D eigenvalue weighted by atomic mass is 16.5. The van der Waals surface area contributed by atoms with Gasteiger partial charge < -0.3 is 4.74 Å². The maximum atomic E-state index is 12.2. The van der Waals surface area contributed by atoms with E-state index in [4.69, 9.17) is 4.74 Å². The molecule has 0 fully saturated rings. The predicted molar refractivity (Wildman–Crippen MR) is 82.6 cm³/mol. The van der Waals surface area contributed by atoms with Gasteiger partial charge in [-0.1, -0.05) is 43.0 Å². The molecule has 0 amide bonds. The Morgan fingerprint density at radius 2 is 2.00 bits per heavy atom. The highest BCUT2D eigenvalue weighted by molar-refractivity contribution is 5.61. The van der Waals surface area contributed by atoms with Crippen molar-refractivity contribution in [2.24, 2.45) is 0 Å². The summed E-state index contributed by atoms with van der Waals surface area (Å²) in [6, 6.07) is 14.6. The second-order valence-electron chi connectivity index (χ2n) is 4.54. The zero-order chi connectivity index (χ0) is 14.7. The first kappa shape index (κ1) is 13.1. The largest absolute Gasteiger partial charge is 0.489 e. The summed E-state index contributed by atoms with van der Waals surface area (Å²) >= 11 is 0. The maximum absolute atomic E-state index is 12.2. The van der Waals surface area contributed by atoms with Gasteiger partial charge in [-0.2, -0.15) is 0 Å². The zero-order valence-electron chi connectivity index (χ0n) is 11.4. The topological polar surface area (TPSA) is 43.6 Å². The van der Waals surface area contributed by atoms with Crippen LogP contribution in [0.1, 0.15) is 0 Å². The third-order valence-electron chi connectivity index (χ3n) is 3.08. The van der Waals surface area contributed by atoms with Gasteiger partial charge in [0.15, 0.2) is 0 Å². The SMILES string of the molecule is C=CCOc1ccn2c(=O)cc(-c3ccccc3)nc2c1. The molecule has 0 unspecified atom stereocenters. The molecule has 4 heteroatoms. The molecule has 104 valence electrons. The molecule has 0 saturated carbocycles. The summed E-state index contributed by atoms with van der Waals surface area (Å²) in [4.78, 5) is 16.7. The molecule has 0 aliphatic rings. The molecule has 2 heterocycles. The number of hydrogen-bond acceptors (Lipinski definition) is 3. The van der Waals surface area contributed by atoms with Crippen LogP contribution in [0.25, 0.3) is 16.9 Å². The van der Waals surface area contributed by atoms with Crippen LogP contribution in [0.3, 0.4) is 0 Å². The van der Waals surface area contributed by atoms with Crippen LogP contribution in [0.4, 0.5) is 0 Å². The Hall–Kier alpha value is -2.88. The van der Waals surface area contributed by atoms with Crippen molar-refractivity contribution in [2.75, 3.05) is 6.61 Å². The monoisotopic (exact) mass is 278 g/mol. The van der Waals surface area contributed by atoms with Crippen molar-refractivity contribution in [2.45, 2.75) is 0 Å². The standard InChI is InChI=1S/C17H14N2O2/c1-2-10-21-14-8-9-19-16(11-14)18-15(12-17(19)20)13-6-4-3-5-7-13/h2-9,11-12H,1,10H2. The van der Waals surface area contributed by atoms with Crippen molar-refractivity contribution in [3.05, 3.63) is 77.7 Å². The molecule has 3 rings (SSSR count). The molecule has 0 spiro atoms. The molecule has 0 atom stereocenters. The summed E-state index contributed by atoms with van der Waals surface area (Å²) in [5.41, 5.74) is 2.01. The third kappa shape index (κ3) is 2.69. The number of benzene rings is 1. The highest BCUT2D eigenvalue weighted by Gasteiger charge is 2.05. The lowest BCUT2D eigenvalue weighted by Crippen LogP contribution is -2.14. The molecule has 0 N–H and O–H groups in total. The predicted octanol–water partition coefficient (Wildman–Crippen LogP) is 2.93. The van der Waals surface area contributed by atoms with E-state index in [9.17, 15) is 4.79 Å². The van der Waals surface area contributed by atoms with E-state index in [-0.39, 0.29) is 5.56 Å². The number of rotatable bonds is 4. The molecule has 3 aromatic rings. The van der Waals surface area contributed by atoms with Crippen LogP contribution in [0.15, 0.2) is 72.2 Å². The fourth-order valence-corrected chi connectivity index (χ4v) is 2.09. The summed E-state index contributed by atoms with van der Waals surface area (Å²) in [5, 5.41) is 0. The van der Waals surface area contributed by atoms with Crippen LogP contribution in [0, 0.1) is 0 Å². The van der Waals surface area contributed by atoms with E-state index in [1.165, 1.54) is 10.5 Å². The second kappa shape index (κ2) is 5.63. The Bertz CT molecular complexity index is 838. The van der Waals surface area contributed by atoms with Crippen LogP contribution in [0.5, 0.6) is 5.75 Å². The van der Waals surface area contributed by atoms with Gasteiger partial charge in [0.2, 0.25) is 0 Å². The van der Waals surface area contributed by atoms with E-state index in [2.05, 4.69) is 11.6 Å². The van der Waals surface area contributed by atoms with E-state index in [1.54, 1.807) is 24.4 Å². The van der Waals surface area contributed by atoms with Crippen LogP contribution < -0.4 is 10.3 Å². The van der Waals surface area contributed by atoms with E-state index < -0.39 is 0 Å². The molecule has 0 aliphatic heterocycles. The van der Waals surface area contributed by atoms with Crippen molar-refractivity contribution in [3.8, 4) is 17.0 Å². The van der Waals surface area contributed by atoms with Gasteiger partial charge in [0, 0.05) is 23.9 Å². The minimum absolute atomic E-state index is 0.117. The average molecular weight is 278 g/mol. The van der Waals surface area contributed by atoms with E-state index in [1.807, 2.05) is 30.3 Å². The summed E-state index contributed by atoms with van der Waals surface area (Å²) in [6.45, 7) is 4.03. The molecule has 0 radical (unpaired) electrons. The third-order valence-corrected chi connectivity index (χ3v) is 3.08. The van der Waals surface area contributed by atoms with E-state index >= 15 is 0 Å². The maximum Gasteiger partial charge on any atom is 0.258 e. The Morgan fingerprint density at radius 1 is 1.19 bits per heavy atom. The lowest BCUT2D eigenvalue weighted by Gasteiger charge is -2.07. The number of hydrogen-bond donors (Lipinski definition) is 0. The Labute approximate surface area is 122 Å². The number of aromatic nitrogens is 2. The molecule has 21 heavy (non-hydrogen) atoms. The van der Waals surface area contributed by atoms with Crippen LogP contribution >= 0.6 is 0 Å². The van der Waals surface area contributed by atoms with Crippen LogP contribution in [0.2, 0.25) is 0 Å². The smallest absolute Gasteiger partial charge is 0.258 e. The van der Waals surface area contributed by atoms with Gasteiger partial charge in [0.1, 0.15) is 18.0 Å². The lowest BCUT2D eigenvalue weighted by molar-refractivity contribution is 0.363. The van der Waals surface area contributed by atoms with Gasteiger partial charge in [-0.25, -0.2) is 4.98 Å². The van der Waals surface area contributed by atoms with Crippen molar-refractivity contribution >= 4 is 5.65 Å². The number of ether oxygens (including phenoxy) is 1. The Kier molecular flexibility index (Phi) is 3.51. The van der Waals surface area contributed by atoms with Crippen LogP contribution in [-0.2, 0) is 0 Å². The van der Waals surface area contributed by atoms with Crippen LogP contribution in [-0.4, -0.2) is 16.0 Å². The molecular weight excluding hydrogens is 264 g/mol. The van der Waals surface area contributed by atoms with Gasteiger partial charge in [0.25, 0.3) is 5.56 Å². The lowest BCUT2D eigenvalue weighted by atomic mass is 10.1. The van der Waals surface area contributed by atoms with Gasteiger partial charge in [-0.05, 0) is 6.07 Å². The normalized spacial score (nSPS) is 10.5. The van der Waals surface area contributed by atoms with E-state index in [0.29, 0.717) is 23.7 Å². The molecular formula is C17H14N2O2. The molecule has 1 aromatic carbocycles. The minimum atomic E-state index is -0.117. The molecule has 2 aromatic heterocycles. The first-order valence-corrected chi connectivity index (χ1v) is 6.60. The number of nitrogens with zero attached hydrogens (tertiary/aromatic N) is 2. The molecule has 0 bridgehead atoms. The Morgan fingerprint density at radius 3 is 2.76 bits per heavy atom. The summed E-state index contributed by atoms with van der Waals surface area (Å²) in [7, 11) is 0. The Balaban J connectivity index is 2.12. The molecule has 0 saturated heterocycles. The second-order valence-corrected chi connectivity index (χ2v) is 4.54. The average Bonchev–Trinajstić information content (AvgIpc) is 2.53. The zero-order valence-corrected chi connectivity index (χ0v) is 11.4. The number of fused-ring (bicyclic) bond motifs is 1. The molecule has 4 nitrogen and oxygen atoms in total. The highest BCUT2D eigenvalue weighted by Crippen LogP contribution is 2.17. The van der Waals surface area contributed by atoms with Crippen molar-refractivity contribution < 1.29 is 4.74 Å². The fraction of sp³-hybridized carbons (Fsp3) is 0.0588. The van der Waals surface area contributed by atoms with Gasteiger partial charge in [-0.3, -0.25) is 9.20 Å². The van der Waals surface area contributed by atoms with Crippen molar-refractivity contribution in [1.82, 2.24) is 9.38 Å². The fourth-order valence-electron chi connectivity index (χ4n) is 2.09. The first-order chi connectivity index (χ1) is 10.3. The van der Waals surface area contributed by atoms with Crippen molar-refractivity contribution in [1.29, 1.82) is 0 Å². The van der Waals surface area contributed by atoms with E-state index in [0.717, 1.165) is 5.56 Å².